The van der Waals surface area contributed by atoms with Gasteiger partial charge >= 0.3 is 0 Å². The van der Waals surface area contributed by atoms with Gasteiger partial charge in [-0.2, -0.15) is 0 Å². The number of hydrogen-bond donors (Lipinski definition) is 2. The molecule has 0 bridgehead atoms. The van der Waals surface area contributed by atoms with E-state index in [4.69, 9.17) is 9.84 Å². The number of pyridine rings is 1. The maximum Gasteiger partial charge on any atom is 0.107 e. The second kappa shape index (κ2) is 4.26. The van der Waals surface area contributed by atoms with Crippen molar-refractivity contribution in [1.29, 1.82) is 0 Å². The van der Waals surface area contributed by atoms with Crippen LogP contribution in [0.1, 0.15) is 23.8 Å². The van der Waals surface area contributed by atoms with Gasteiger partial charge in [-0.15, -0.1) is 0 Å². The quantitative estimate of drug-likeness (QED) is 0.747. The van der Waals surface area contributed by atoms with Gasteiger partial charge in [0.1, 0.15) is 12.2 Å². The van der Waals surface area contributed by atoms with Gasteiger partial charge in [-0.1, -0.05) is 6.07 Å². The minimum Gasteiger partial charge on any atom is -0.394 e. The molecule has 1 aliphatic rings. The number of ether oxygens (including phenoxy) is 1. The smallest absolute Gasteiger partial charge is 0.107 e. The van der Waals surface area contributed by atoms with Gasteiger partial charge in [0.25, 0.3) is 0 Å². The molecule has 0 saturated carbocycles. The molecule has 3 atom stereocenters. The topological polar surface area (TPSA) is 62.6 Å². The molecule has 2 rings (SSSR count). The molecule has 82 valence electrons. The first-order valence-electron chi connectivity index (χ1n) is 5.08. The van der Waals surface area contributed by atoms with E-state index in [2.05, 4.69) is 4.98 Å². The zero-order chi connectivity index (χ0) is 10.8. The Hall–Kier alpha value is -0.970. The summed E-state index contributed by atoms with van der Waals surface area (Å²) < 4.78 is 5.53. The van der Waals surface area contributed by atoms with Crippen LogP contribution in [0.2, 0.25) is 0 Å². The lowest BCUT2D eigenvalue weighted by Crippen LogP contribution is -2.24. The van der Waals surface area contributed by atoms with Crippen molar-refractivity contribution in [3.05, 3.63) is 29.6 Å². The highest BCUT2D eigenvalue weighted by Crippen LogP contribution is 2.32. The average Bonchev–Trinajstić information content (AvgIpc) is 2.60. The van der Waals surface area contributed by atoms with Crippen molar-refractivity contribution >= 4 is 0 Å². The van der Waals surface area contributed by atoms with E-state index in [1.165, 1.54) is 0 Å². The summed E-state index contributed by atoms with van der Waals surface area (Å²) in [4.78, 5) is 4.25. The van der Waals surface area contributed by atoms with Crippen LogP contribution < -0.4 is 0 Å². The molecule has 1 saturated heterocycles. The third kappa shape index (κ3) is 2.02. The molecule has 0 amide bonds. The normalized spacial score (nSPS) is 30.7. The third-order valence-electron chi connectivity index (χ3n) is 2.76. The Bertz CT molecular complexity index is 342. The molecule has 0 aliphatic carbocycles. The third-order valence-corrected chi connectivity index (χ3v) is 2.76. The predicted octanol–water partition coefficient (Wildman–Crippen LogP) is 0.573. The Morgan fingerprint density at radius 2 is 2.40 bits per heavy atom. The molecule has 4 heteroatoms. The maximum absolute atomic E-state index is 9.60. The van der Waals surface area contributed by atoms with Crippen molar-refractivity contribution in [3.8, 4) is 0 Å². The number of nitrogens with zero attached hydrogens (tertiary/aromatic N) is 1. The number of aliphatic hydroxyl groups excluding tert-OH is 2. The summed E-state index contributed by atoms with van der Waals surface area (Å²) in [6.45, 7) is 1.81. The van der Waals surface area contributed by atoms with Gasteiger partial charge in [-0.3, -0.25) is 4.98 Å². The number of hydrogen-bond acceptors (Lipinski definition) is 4. The van der Waals surface area contributed by atoms with Crippen molar-refractivity contribution in [2.75, 3.05) is 6.61 Å². The first kappa shape index (κ1) is 10.5. The average molecular weight is 209 g/mol. The van der Waals surface area contributed by atoms with Crippen LogP contribution in [0, 0.1) is 6.92 Å². The summed E-state index contributed by atoms with van der Waals surface area (Å²) in [5.41, 5.74) is 1.90. The molecular weight excluding hydrogens is 194 g/mol. The highest BCUT2D eigenvalue weighted by molar-refractivity contribution is 5.21. The van der Waals surface area contributed by atoms with Gasteiger partial charge in [0.2, 0.25) is 0 Å². The van der Waals surface area contributed by atoms with E-state index in [9.17, 15) is 5.11 Å². The van der Waals surface area contributed by atoms with Crippen LogP contribution in [0.25, 0.3) is 0 Å². The van der Waals surface area contributed by atoms with Crippen molar-refractivity contribution in [2.45, 2.75) is 31.7 Å². The molecule has 2 heterocycles. The molecule has 1 aromatic heterocycles. The summed E-state index contributed by atoms with van der Waals surface area (Å²) in [5.74, 6) is 0. The zero-order valence-corrected chi connectivity index (χ0v) is 8.63. The summed E-state index contributed by atoms with van der Waals surface area (Å²) in [6.07, 6.45) is 0.948. The lowest BCUT2D eigenvalue weighted by molar-refractivity contribution is -0.0237. The van der Waals surface area contributed by atoms with Crippen molar-refractivity contribution < 1.29 is 14.9 Å². The Labute approximate surface area is 88.5 Å². The predicted molar refractivity (Wildman–Crippen MR) is 54.3 cm³/mol. The van der Waals surface area contributed by atoms with Crippen molar-refractivity contribution in [2.24, 2.45) is 0 Å². The number of aromatic nitrogens is 1. The van der Waals surface area contributed by atoms with Crippen LogP contribution in [0.3, 0.4) is 0 Å². The van der Waals surface area contributed by atoms with Crippen molar-refractivity contribution in [3.63, 3.8) is 0 Å². The number of aryl methyl sites for hydroxylation is 1. The fourth-order valence-electron chi connectivity index (χ4n) is 1.90. The zero-order valence-electron chi connectivity index (χ0n) is 8.63. The van der Waals surface area contributed by atoms with E-state index in [0.717, 1.165) is 11.3 Å². The van der Waals surface area contributed by atoms with E-state index in [1.54, 1.807) is 6.20 Å². The molecule has 0 spiro atoms. The van der Waals surface area contributed by atoms with Gasteiger partial charge in [-0.25, -0.2) is 0 Å². The molecule has 1 aromatic rings. The Kier molecular flexibility index (Phi) is 3.00. The fraction of sp³-hybridized carbons (Fsp3) is 0.545. The summed E-state index contributed by atoms with van der Waals surface area (Å²) >= 11 is 0. The minimum atomic E-state index is -0.596. The molecule has 0 radical (unpaired) electrons. The first-order valence-corrected chi connectivity index (χ1v) is 5.08. The van der Waals surface area contributed by atoms with Gasteiger partial charge in [0.05, 0.1) is 18.4 Å². The van der Waals surface area contributed by atoms with Gasteiger partial charge in [0, 0.05) is 12.6 Å². The maximum atomic E-state index is 9.60. The Morgan fingerprint density at radius 1 is 1.60 bits per heavy atom. The molecular formula is C11H15NO3. The van der Waals surface area contributed by atoms with Crippen LogP contribution in [0.15, 0.2) is 18.3 Å². The largest absolute Gasteiger partial charge is 0.394 e. The van der Waals surface area contributed by atoms with Crippen LogP contribution >= 0.6 is 0 Å². The SMILES string of the molecule is Cc1cccnc1[C@@H]1C[C@H](O)[C@@H](CO)O1. The first-order chi connectivity index (χ1) is 7.22. The van der Waals surface area contributed by atoms with E-state index in [-0.39, 0.29) is 12.7 Å². The van der Waals surface area contributed by atoms with Gasteiger partial charge < -0.3 is 14.9 Å². The molecule has 15 heavy (non-hydrogen) atoms. The second-order valence-corrected chi connectivity index (χ2v) is 3.85. The van der Waals surface area contributed by atoms with Gasteiger partial charge in [-0.05, 0) is 18.6 Å². The minimum absolute atomic E-state index is 0.149. The van der Waals surface area contributed by atoms with Crippen LogP contribution in [0.4, 0.5) is 0 Å². The Balaban J connectivity index is 2.17. The Morgan fingerprint density at radius 3 is 3.00 bits per heavy atom. The summed E-state index contributed by atoms with van der Waals surface area (Å²) in [7, 11) is 0. The van der Waals surface area contributed by atoms with Crippen LogP contribution in [-0.2, 0) is 4.74 Å². The lowest BCUT2D eigenvalue weighted by Gasteiger charge is -2.13. The molecule has 1 fully saturated rings. The van der Waals surface area contributed by atoms with Crippen LogP contribution in [0.5, 0.6) is 0 Å². The monoisotopic (exact) mass is 209 g/mol. The summed E-state index contributed by atoms with van der Waals surface area (Å²) in [6, 6.07) is 3.83. The highest BCUT2D eigenvalue weighted by Gasteiger charge is 2.35. The molecule has 0 aromatic carbocycles. The molecule has 0 unspecified atom stereocenters. The highest BCUT2D eigenvalue weighted by atomic mass is 16.5. The molecule has 2 N–H and O–H groups in total. The van der Waals surface area contributed by atoms with E-state index in [1.807, 2.05) is 19.1 Å². The van der Waals surface area contributed by atoms with E-state index in [0.29, 0.717) is 6.42 Å². The van der Waals surface area contributed by atoms with E-state index < -0.39 is 12.2 Å². The number of rotatable bonds is 2. The van der Waals surface area contributed by atoms with Crippen LogP contribution in [-0.4, -0.2) is 34.0 Å². The second-order valence-electron chi connectivity index (χ2n) is 3.85. The standard InChI is InChI=1S/C11H15NO3/c1-7-3-2-4-12-11(7)9-5-8(14)10(6-13)15-9/h2-4,8-10,13-14H,5-6H2,1H3/t8-,9-,10+/m0/s1. The number of aliphatic hydroxyl groups is 2. The fourth-order valence-corrected chi connectivity index (χ4v) is 1.90. The van der Waals surface area contributed by atoms with Gasteiger partial charge in [0.15, 0.2) is 0 Å². The van der Waals surface area contributed by atoms with Crippen molar-refractivity contribution in [1.82, 2.24) is 4.98 Å². The lowest BCUT2D eigenvalue weighted by atomic mass is 10.1. The molecule has 1 aliphatic heterocycles. The molecule has 4 nitrogen and oxygen atoms in total. The van der Waals surface area contributed by atoms with E-state index >= 15 is 0 Å². The summed E-state index contributed by atoms with van der Waals surface area (Å²) in [5, 5.41) is 18.6.